The van der Waals surface area contributed by atoms with Crippen LogP contribution in [0.2, 0.25) is 0 Å². The number of rotatable bonds is 3. The highest BCUT2D eigenvalue weighted by Crippen LogP contribution is 2.33. The number of aromatic amines is 1. The summed E-state index contributed by atoms with van der Waals surface area (Å²) in [6.45, 7) is 0.993. The number of nitrogens with one attached hydrogen (secondary N) is 2. The fourth-order valence-electron chi connectivity index (χ4n) is 4.24. The molecule has 3 heterocycles. The Kier molecular flexibility index (Phi) is 4.03. The van der Waals surface area contributed by atoms with Crippen molar-refractivity contribution < 1.29 is 13.2 Å². The molecule has 2 aromatic carbocycles. The maximum absolute atomic E-state index is 13.1. The van der Waals surface area contributed by atoms with Crippen molar-refractivity contribution in [2.45, 2.75) is 30.1 Å². The minimum atomic E-state index is -3.55. The molecule has 144 valence electrons. The SMILES string of the molecule is O=C1Cc2cc(S(=O)(=O)N3CCC(c4cc5ccccc5[nH]4)CC3)ccc2N1. The van der Waals surface area contributed by atoms with Gasteiger partial charge in [0.15, 0.2) is 0 Å². The molecule has 0 spiro atoms. The van der Waals surface area contributed by atoms with Gasteiger partial charge in [-0.15, -0.1) is 0 Å². The van der Waals surface area contributed by atoms with Gasteiger partial charge in [-0.05, 0) is 54.1 Å². The number of nitrogens with zero attached hydrogens (tertiary/aromatic N) is 1. The third-order valence-corrected chi connectivity index (χ3v) is 7.68. The molecule has 1 saturated heterocycles. The molecule has 3 aromatic rings. The molecule has 1 amide bonds. The summed E-state index contributed by atoms with van der Waals surface area (Å²) in [5.41, 5.74) is 3.76. The maximum atomic E-state index is 13.1. The Morgan fingerprint density at radius 1 is 1.00 bits per heavy atom. The first-order chi connectivity index (χ1) is 13.5. The lowest BCUT2D eigenvalue weighted by atomic mass is 9.95. The van der Waals surface area contributed by atoms with E-state index in [9.17, 15) is 13.2 Å². The van der Waals surface area contributed by atoms with Crippen molar-refractivity contribution in [3.8, 4) is 0 Å². The first kappa shape index (κ1) is 17.5. The molecular weight excluding hydrogens is 374 g/mol. The fraction of sp³-hybridized carbons (Fsp3) is 0.286. The number of fused-ring (bicyclic) bond motifs is 2. The second kappa shape index (κ2) is 6.46. The Morgan fingerprint density at radius 2 is 1.79 bits per heavy atom. The normalized spacial score (nSPS) is 18.4. The van der Waals surface area contributed by atoms with E-state index in [1.54, 1.807) is 22.5 Å². The number of sulfonamides is 1. The topological polar surface area (TPSA) is 82.3 Å². The van der Waals surface area contributed by atoms with E-state index in [0.717, 1.165) is 23.9 Å². The van der Waals surface area contributed by atoms with Crippen LogP contribution in [-0.4, -0.2) is 36.7 Å². The van der Waals surface area contributed by atoms with Crippen molar-refractivity contribution >= 4 is 32.5 Å². The molecule has 0 aliphatic carbocycles. The lowest BCUT2D eigenvalue weighted by Gasteiger charge is -2.31. The summed E-state index contributed by atoms with van der Waals surface area (Å²) in [7, 11) is -3.55. The minimum absolute atomic E-state index is 0.0938. The van der Waals surface area contributed by atoms with Gasteiger partial charge >= 0.3 is 0 Å². The Bertz CT molecular complexity index is 1140. The highest BCUT2D eigenvalue weighted by Gasteiger charge is 2.31. The smallest absolute Gasteiger partial charge is 0.243 e. The molecule has 0 radical (unpaired) electrons. The molecule has 1 aromatic heterocycles. The van der Waals surface area contributed by atoms with Crippen molar-refractivity contribution in [3.05, 3.63) is 59.8 Å². The van der Waals surface area contributed by atoms with E-state index >= 15 is 0 Å². The zero-order valence-corrected chi connectivity index (χ0v) is 16.1. The molecule has 2 N–H and O–H groups in total. The Balaban J connectivity index is 1.33. The van der Waals surface area contributed by atoms with Gasteiger partial charge < -0.3 is 10.3 Å². The number of aromatic nitrogens is 1. The monoisotopic (exact) mass is 395 g/mol. The van der Waals surface area contributed by atoms with Crippen molar-refractivity contribution in [2.24, 2.45) is 0 Å². The first-order valence-electron chi connectivity index (χ1n) is 9.51. The van der Waals surface area contributed by atoms with Crippen molar-refractivity contribution in [3.63, 3.8) is 0 Å². The Hall–Kier alpha value is -2.64. The van der Waals surface area contributed by atoms with Crippen LogP contribution in [0.1, 0.15) is 30.0 Å². The summed E-state index contributed by atoms with van der Waals surface area (Å²) >= 11 is 0. The zero-order valence-electron chi connectivity index (χ0n) is 15.3. The van der Waals surface area contributed by atoms with Crippen LogP contribution in [0.25, 0.3) is 10.9 Å². The molecule has 0 saturated carbocycles. The number of H-pyrrole nitrogens is 1. The molecule has 0 bridgehead atoms. The van der Waals surface area contributed by atoms with E-state index in [1.165, 1.54) is 11.1 Å². The summed E-state index contributed by atoms with van der Waals surface area (Å²) in [6, 6.07) is 15.3. The quantitative estimate of drug-likeness (QED) is 0.714. The molecule has 1 fully saturated rings. The van der Waals surface area contributed by atoms with Gasteiger partial charge in [-0.25, -0.2) is 8.42 Å². The molecule has 2 aliphatic rings. The van der Waals surface area contributed by atoms with Gasteiger partial charge in [-0.3, -0.25) is 4.79 Å². The number of amides is 1. The summed E-state index contributed by atoms with van der Waals surface area (Å²) in [5, 5.41) is 3.93. The number of para-hydroxylation sites is 1. The van der Waals surface area contributed by atoms with Crippen LogP contribution in [-0.2, 0) is 21.2 Å². The predicted molar refractivity (Wildman–Crippen MR) is 108 cm³/mol. The van der Waals surface area contributed by atoms with Crippen LogP contribution >= 0.6 is 0 Å². The second-order valence-electron chi connectivity index (χ2n) is 7.53. The van der Waals surface area contributed by atoms with Crippen molar-refractivity contribution in [1.29, 1.82) is 0 Å². The third-order valence-electron chi connectivity index (χ3n) is 5.78. The van der Waals surface area contributed by atoms with Crippen LogP contribution in [0.15, 0.2) is 53.4 Å². The zero-order chi connectivity index (χ0) is 19.3. The lowest BCUT2D eigenvalue weighted by molar-refractivity contribution is -0.115. The van der Waals surface area contributed by atoms with E-state index < -0.39 is 10.0 Å². The number of anilines is 1. The number of piperidine rings is 1. The van der Waals surface area contributed by atoms with E-state index in [-0.39, 0.29) is 17.2 Å². The van der Waals surface area contributed by atoms with Gasteiger partial charge in [0, 0.05) is 35.9 Å². The predicted octanol–water partition coefficient (Wildman–Crippen LogP) is 3.23. The summed E-state index contributed by atoms with van der Waals surface area (Å²) in [6.07, 6.45) is 1.81. The Labute approximate surface area is 163 Å². The van der Waals surface area contributed by atoms with Crippen molar-refractivity contribution in [1.82, 2.24) is 9.29 Å². The highest BCUT2D eigenvalue weighted by molar-refractivity contribution is 7.89. The standard InChI is InChI=1S/C21H21N3O3S/c25-21-13-16-11-17(5-6-19(16)23-21)28(26,27)24-9-7-14(8-10-24)20-12-15-3-1-2-4-18(15)22-20/h1-6,11-12,14,22H,7-10,13H2,(H,23,25). The van der Waals surface area contributed by atoms with Crippen LogP contribution < -0.4 is 5.32 Å². The van der Waals surface area contributed by atoms with Gasteiger partial charge in [0.25, 0.3) is 0 Å². The fourth-order valence-corrected chi connectivity index (χ4v) is 5.76. The molecule has 0 unspecified atom stereocenters. The molecule has 0 atom stereocenters. The van der Waals surface area contributed by atoms with Crippen LogP contribution in [0.5, 0.6) is 0 Å². The van der Waals surface area contributed by atoms with E-state index in [1.807, 2.05) is 12.1 Å². The van der Waals surface area contributed by atoms with Gasteiger partial charge in [0.2, 0.25) is 15.9 Å². The maximum Gasteiger partial charge on any atom is 0.243 e. The molecular formula is C21H21N3O3S. The molecule has 7 heteroatoms. The largest absolute Gasteiger partial charge is 0.358 e. The molecule has 6 nitrogen and oxygen atoms in total. The third kappa shape index (κ3) is 2.91. The number of carbonyl (C=O) groups excluding carboxylic acids is 1. The Morgan fingerprint density at radius 3 is 2.57 bits per heavy atom. The minimum Gasteiger partial charge on any atom is -0.358 e. The lowest BCUT2D eigenvalue weighted by Crippen LogP contribution is -2.38. The van der Waals surface area contributed by atoms with Crippen LogP contribution in [0, 0.1) is 0 Å². The summed E-state index contributed by atoms with van der Waals surface area (Å²) in [4.78, 5) is 15.3. The second-order valence-corrected chi connectivity index (χ2v) is 9.47. The van der Waals surface area contributed by atoms with E-state index in [2.05, 4.69) is 28.5 Å². The number of hydrogen-bond acceptors (Lipinski definition) is 3. The van der Waals surface area contributed by atoms with Gasteiger partial charge in [0.1, 0.15) is 0 Å². The average molecular weight is 395 g/mol. The van der Waals surface area contributed by atoms with Crippen molar-refractivity contribution in [2.75, 3.05) is 18.4 Å². The van der Waals surface area contributed by atoms with Gasteiger partial charge in [-0.2, -0.15) is 4.31 Å². The molecule has 2 aliphatic heterocycles. The first-order valence-corrected chi connectivity index (χ1v) is 11.0. The molecule has 28 heavy (non-hydrogen) atoms. The number of carbonyl (C=O) groups is 1. The number of hydrogen-bond donors (Lipinski definition) is 2. The van der Waals surface area contributed by atoms with Crippen LogP contribution in [0.3, 0.4) is 0 Å². The van der Waals surface area contributed by atoms with Gasteiger partial charge in [-0.1, -0.05) is 18.2 Å². The van der Waals surface area contributed by atoms with Crippen LogP contribution in [0.4, 0.5) is 5.69 Å². The summed E-state index contributed by atoms with van der Waals surface area (Å²) in [5.74, 6) is 0.240. The number of benzene rings is 2. The van der Waals surface area contributed by atoms with E-state index in [4.69, 9.17) is 0 Å². The van der Waals surface area contributed by atoms with E-state index in [0.29, 0.717) is 24.7 Å². The highest BCUT2D eigenvalue weighted by atomic mass is 32.2. The average Bonchev–Trinajstić information content (AvgIpc) is 3.29. The summed E-state index contributed by atoms with van der Waals surface area (Å²) < 4.78 is 27.7. The van der Waals surface area contributed by atoms with Gasteiger partial charge in [0.05, 0.1) is 11.3 Å². The molecule has 5 rings (SSSR count).